The standard InChI is InChI=1S/C24H20BrNO4/c25-16-8-5-14(6-9-16)13-15-7-10-19(29-21-12-11-20(30-21)24(27)28)23-22(15)17-3-1-2-4-18(17)26-23/h5-12,15H,1-4,13H2,(H,27,28). The minimum atomic E-state index is -1.12. The maximum absolute atomic E-state index is 11.1. The van der Waals surface area contributed by atoms with Crippen LogP contribution in [0.15, 0.2) is 85.0 Å². The first kappa shape index (κ1) is 19.1. The molecular weight excluding hydrogens is 446 g/mol. The van der Waals surface area contributed by atoms with Crippen molar-refractivity contribution in [3.05, 3.63) is 86.9 Å². The van der Waals surface area contributed by atoms with Gasteiger partial charge in [0.25, 0.3) is 5.95 Å². The molecule has 5 rings (SSSR count). The number of carboxylic acid groups (broad SMARTS) is 1. The molecular formula is C24H20BrNO4. The van der Waals surface area contributed by atoms with Crippen molar-refractivity contribution in [1.82, 2.24) is 0 Å². The number of aliphatic imine (C=N–C) groups is 1. The summed E-state index contributed by atoms with van der Waals surface area (Å²) in [6.07, 6.45) is 9.36. The summed E-state index contributed by atoms with van der Waals surface area (Å²) in [6, 6.07) is 11.4. The Bertz CT molecular complexity index is 1130. The van der Waals surface area contributed by atoms with E-state index in [2.05, 4.69) is 46.3 Å². The fourth-order valence-electron chi connectivity index (χ4n) is 4.33. The average molecular weight is 466 g/mol. The quantitative estimate of drug-likeness (QED) is 0.580. The zero-order chi connectivity index (χ0) is 20.7. The Hall–Kier alpha value is -2.86. The van der Waals surface area contributed by atoms with Crippen LogP contribution in [-0.2, 0) is 6.42 Å². The van der Waals surface area contributed by atoms with E-state index in [1.54, 1.807) is 0 Å². The van der Waals surface area contributed by atoms with Crippen LogP contribution >= 0.6 is 15.9 Å². The lowest BCUT2D eigenvalue weighted by Crippen LogP contribution is -2.15. The van der Waals surface area contributed by atoms with Gasteiger partial charge in [0.15, 0.2) is 5.76 Å². The lowest BCUT2D eigenvalue weighted by atomic mass is 9.81. The molecule has 6 heteroatoms. The number of benzene rings is 1. The normalized spacial score (nSPS) is 20.2. The fraction of sp³-hybridized carbons (Fsp3) is 0.250. The minimum absolute atomic E-state index is 0.145. The first-order valence-corrected chi connectivity index (χ1v) is 10.9. The number of halogens is 1. The number of allylic oxidation sites excluding steroid dienone is 4. The second kappa shape index (κ2) is 7.76. The maximum Gasteiger partial charge on any atom is 0.371 e. The first-order chi connectivity index (χ1) is 14.6. The molecule has 3 aliphatic rings. The van der Waals surface area contributed by atoms with Gasteiger partial charge in [-0.3, -0.25) is 0 Å². The summed E-state index contributed by atoms with van der Waals surface area (Å²) < 4.78 is 12.3. The summed E-state index contributed by atoms with van der Waals surface area (Å²) >= 11 is 3.50. The predicted molar refractivity (Wildman–Crippen MR) is 117 cm³/mol. The molecule has 1 atom stereocenters. The number of carbonyl (C=O) groups is 1. The Labute approximate surface area is 182 Å². The Morgan fingerprint density at radius 1 is 1.17 bits per heavy atom. The van der Waals surface area contributed by atoms with E-state index < -0.39 is 5.97 Å². The van der Waals surface area contributed by atoms with Gasteiger partial charge in [0.2, 0.25) is 5.76 Å². The average Bonchev–Trinajstić information content (AvgIpc) is 3.36. The van der Waals surface area contributed by atoms with Gasteiger partial charge in [-0.15, -0.1) is 0 Å². The molecule has 2 aromatic rings. The van der Waals surface area contributed by atoms with E-state index in [4.69, 9.17) is 19.3 Å². The van der Waals surface area contributed by atoms with Crippen LogP contribution < -0.4 is 4.74 Å². The molecule has 1 fully saturated rings. The van der Waals surface area contributed by atoms with Gasteiger partial charge in [-0.2, -0.15) is 0 Å². The van der Waals surface area contributed by atoms with Crippen molar-refractivity contribution < 1.29 is 19.1 Å². The first-order valence-electron chi connectivity index (χ1n) is 10.1. The van der Waals surface area contributed by atoms with Crippen LogP contribution in [0.2, 0.25) is 0 Å². The van der Waals surface area contributed by atoms with E-state index in [1.807, 2.05) is 6.08 Å². The van der Waals surface area contributed by atoms with Gasteiger partial charge >= 0.3 is 5.97 Å². The Morgan fingerprint density at radius 3 is 2.73 bits per heavy atom. The van der Waals surface area contributed by atoms with Gasteiger partial charge in [-0.1, -0.05) is 34.1 Å². The van der Waals surface area contributed by atoms with Gasteiger partial charge in [0.1, 0.15) is 5.70 Å². The molecule has 0 radical (unpaired) electrons. The van der Waals surface area contributed by atoms with E-state index in [0.29, 0.717) is 5.76 Å². The van der Waals surface area contributed by atoms with Crippen LogP contribution in [0.4, 0.5) is 0 Å². The van der Waals surface area contributed by atoms with E-state index in [1.165, 1.54) is 41.0 Å². The van der Waals surface area contributed by atoms with E-state index in [9.17, 15) is 4.79 Å². The van der Waals surface area contributed by atoms with Gasteiger partial charge < -0.3 is 14.3 Å². The molecule has 0 saturated heterocycles. The molecule has 1 aromatic carbocycles. The molecule has 1 aromatic heterocycles. The number of aromatic carboxylic acids is 1. The molecule has 0 spiro atoms. The Morgan fingerprint density at radius 2 is 1.97 bits per heavy atom. The Balaban J connectivity index is 1.49. The topological polar surface area (TPSA) is 72.0 Å². The maximum atomic E-state index is 11.1. The number of ether oxygens (including phenoxy) is 1. The summed E-state index contributed by atoms with van der Waals surface area (Å²) in [6.45, 7) is 0. The smallest absolute Gasteiger partial charge is 0.371 e. The van der Waals surface area contributed by atoms with Crippen molar-refractivity contribution >= 4 is 27.6 Å². The second-order valence-electron chi connectivity index (χ2n) is 7.69. The van der Waals surface area contributed by atoms with E-state index in [0.717, 1.165) is 35.9 Å². The molecule has 2 aliphatic carbocycles. The molecule has 0 bridgehead atoms. The number of fused-ring (bicyclic) bond motifs is 2. The highest BCUT2D eigenvalue weighted by Crippen LogP contribution is 2.43. The van der Waals surface area contributed by atoms with Crippen LogP contribution in [0.3, 0.4) is 0 Å². The number of carboxylic acids is 1. The van der Waals surface area contributed by atoms with Crippen LogP contribution in [-0.4, -0.2) is 16.8 Å². The van der Waals surface area contributed by atoms with E-state index >= 15 is 0 Å². The third-order valence-electron chi connectivity index (χ3n) is 5.72. The van der Waals surface area contributed by atoms with Gasteiger partial charge in [-0.25, -0.2) is 9.79 Å². The van der Waals surface area contributed by atoms with Gasteiger partial charge in [0.05, 0.1) is 0 Å². The van der Waals surface area contributed by atoms with Crippen molar-refractivity contribution in [2.75, 3.05) is 0 Å². The van der Waals surface area contributed by atoms with Crippen molar-refractivity contribution in [2.24, 2.45) is 10.9 Å². The molecule has 1 aliphatic heterocycles. The van der Waals surface area contributed by atoms with Gasteiger partial charge in [-0.05, 0) is 73.1 Å². The number of furan rings is 1. The lowest BCUT2D eigenvalue weighted by Gasteiger charge is -2.24. The number of rotatable bonds is 5. The number of hydrogen-bond acceptors (Lipinski definition) is 4. The van der Waals surface area contributed by atoms with Crippen LogP contribution in [0.5, 0.6) is 5.95 Å². The lowest BCUT2D eigenvalue weighted by molar-refractivity contribution is 0.0656. The van der Waals surface area contributed by atoms with Crippen LogP contribution in [0, 0.1) is 5.92 Å². The largest absolute Gasteiger partial charge is 0.475 e. The number of nitrogens with zero attached hydrogens (tertiary/aromatic N) is 1. The molecule has 152 valence electrons. The SMILES string of the molecule is O=C(O)c1ccc(OC2=C3N=C4CCCCC4=C3C(Cc3ccc(Br)cc3)C=C2)o1. The minimum Gasteiger partial charge on any atom is -0.475 e. The molecule has 30 heavy (non-hydrogen) atoms. The van der Waals surface area contributed by atoms with Crippen molar-refractivity contribution in [2.45, 2.75) is 32.1 Å². The van der Waals surface area contributed by atoms with E-state index in [-0.39, 0.29) is 17.6 Å². The highest BCUT2D eigenvalue weighted by atomic mass is 79.9. The highest BCUT2D eigenvalue weighted by Gasteiger charge is 2.34. The van der Waals surface area contributed by atoms with Gasteiger partial charge in [0, 0.05) is 22.2 Å². The summed E-state index contributed by atoms with van der Waals surface area (Å²) in [5.74, 6) is -0.267. The summed E-state index contributed by atoms with van der Waals surface area (Å²) in [5, 5.41) is 9.08. The Kier molecular flexibility index (Phi) is 4.95. The zero-order valence-electron chi connectivity index (χ0n) is 16.2. The van der Waals surface area contributed by atoms with Crippen LogP contribution in [0.1, 0.15) is 41.8 Å². The van der Waals surface area contributed by atoms with Crippen molar-refractivity contribution in [3.63, 3.8) is 0 Å². The van der Waals surface area contributed by atoms with Crippen molar-refractivity contribution in [3.8, 4) is 5.95 Å². The van der Waals surface area contributed by atoms with Crippen molar-refractivity contribution in [1.29, 1.82) is 0 Å². The second-order valence-corrected chi connectivity index (χ2v) is 8.61. The summed E-state index contributed by atoms with van der Waals surface area (Å²) in [5.41, 5.74) is 5.90. The molecule has 1 unspecified atom stereocenters. The number of hydrogen-bond donors (Lipinski definition) is 1. The highest BCUT2D eigenvalue weighted by molar-refractivity contribution is 9.10. The molecule has 1 saturated carbocycles. The molecule has 5 nitrogen and oxygen atoms in total. The fourth-order valence-corrected chi connectivity index (χ4v) is 4.60. The third kappa shape index (κ3) is 3.56. The molecule has 0 amide bonds. The predicted octanol–water partition coefficient (Wildman–Crippen LogP) is 6.08. The third-order valence-corrected chi connectivity index (χ3v) is 6.25. The zero-order valence-corrected chi connectivity index (χ0v) is 17.8. The monoisotopic (exact) mass is 465 g/mol. The summed E-state index contributed by atoms with van der Waals surface area (Å²) in [7, 11) is 0. The molecule has 2 heterocycles. The van der Waals surface area contributed by atoms with Crippen LogP contribution in [0.25, 0.3) is 0 Å². The summed E-state index contributed by atoms with van der Waals surface area (Å²) in [4.78, 5) is 16.0. The molecule has 1 N–H and O–H groups in total.